The second-order valence-corrected chi connectivity index (χ2v) is 6.32. The van der Waals surface area contributed by atoms with Crippen LogP contribution in [0.2, 0.25) is 0 Å². The van der Waals surface area contributed by atoms with Gasteiger partial charge in [-0.15, -0.1) is 0 Å². The van der Waals surface area contributed by atoms with E-state index >= 15 is 0 Å². The third-order valence-electron chi connectivity index (χ3n) is 2.69. The molecule has 0 bridgehead atoms. The van der Waals surface area contributed by atoms with Gasteiger partial charge in [0.05, 0.1) is 4.90 Å². The van der Waals surface area contributed by atoms with E-state index in [9.17, 15) is 8.42 Å². The summed E-state index contributed by atoms with van der Waals surface area (Å²) in [6.45, 7) is 0.957. The first-order valence-corrected chi connectivity index (χ1v) is 7.08. The van der Waals surface area contributed by atoms with Gasteiger partial charge in [0, 0.05) is 30.0 Å². The van der Waals surface area contributed by atoms with Crippen LogP contribution in [-0.2, 0) is 15.5 Å². The first kappa shape index (κ1) is 10.8. The molecular formula is C10H12ClNO2S. The lowest BCUT2D eigenvalue weighted by Crippen LogP contribution is -2.24. The maximum atomic E-state index is 11.2. The van der Waals surface area contributed by atoms with E-state index in [1.165, 1.54) is 5.56 Å². The summed E-state index contributed by atoms with van der Waals surface area (Å²) in [6.07, 6.45) is 2.11. The molecular weight excluding hydrogens is 234 g/mol. The zero-order valence-corrected chi connectivity index (χ0v) is 9.98. The molecule has 1 aromatic carbocycles. The highest BCUT2D eigenvalue weighted by molar-refractivity contribution is 8.13. The molecule has 3 nitrogen and oxygen atoms in total. The van der Waals surface area contributed by atoms with Crippen molar-refractivity contribution in [1.82, 2.24) is 0 Å². The van der Waals surface area contributed by atoms with Crippen LogP contribution in [-0.4, -0.2) is 22.0 Å². The van der Waals surface area contributed by atoms with Crippen molar-refractivity contribution in [3.8, 4) is 0 Å². The fourth-order valence-electron chi connectivity index (χ4n) is 1.89. The number of aryl methyl sites for hydroxylation is 1. The van der Waals surface area contributed by atoms with Crippen LogP contribution in [0.25, 0.3) is 0 Å². The van der Waals surface area contributed by atoms with Crippen molar-refractivity contribution >= 4 is 25.4 Å². The van der Waals surface area contributed by atoms with Crippen molar-refractivity contribution in [2.45, 2.75) is 17.7 Å². The molecule has 0 unspecified atom stereocenters. The van der Waals surface area contributed by atoms with Crippen LogP contribution < -0.4 is 4.90 Å². The molecule has 0 aromatic heterocycles. The number of nitrogens with zero attached hydrogens (tertiary/aromatic N) is 1. The Labute approximate surface area is 94.1 Å². The van der Waals surface area contributed by atoms with Crippen molar-refractivity contribution in [1.29, 1.82) is 0 Å². The van der Waals surface area contributed by atoms with Crippen LogP contribution in [0.15, 0.2) is 23.1 Å². The van der Waals surface area contributed by atoms with E-state index in [4.69, 9.17) is 10.7 Å². The Balaban J connectivity index is 2.53. The van der Waals surface area contributed by atoms with Crippen LogP contribution in [0, 0.1) is 0 Å². The fourth-order valence-corrected chi connectivity index (χ4v) is 2.66. The van der Waals surface area contributed by atoms with Gasteiger partial charge in [0.25, 0.3) is 9.05 Å². The Morgan fingerprint density at radius 3 is 2.80 bits per heavy atom. The van der Waals surface area contributed by atoms with Gasteiger partial charge in [0.2, 0.25) is 0 Å². The van der Waals surface area contributed by atoms with Crippen molar-refractivity contribution in [3.05, 3.63) is 23.8 Å². The molecule has 0 saturated heterocycles. The molecule has 0 aliphatic carbocycles. The van der Waals surface area contributed by atoms with Gasteiger partial charge in [-0.05, 0) is 30.5 Å². The third-order valence-corrected chi connectivity index (χ3v) is 4.04. The number of anilines is 1. The van der Waals surface area contributed by atoms with E-state index in [1.54, 1.807) is 12.1 Å². The molecule has 0 radical (unpaired) electrons. The highest BCUT2D eigenvalue weighted by Gasteiger charge is 2.17. The van der Waals surface area contributed by atoms with E-state index in [0.717, 1.165) is 25.1 Å². The lowest BCUT2D eigenvalue weighted by molar-refractivity contribution is 0.609. The Morgan fingerprint density at radius 1 is 1.40 bits per heavy atom. The number of benzene rings is 1. The smallest absolute Gasteiger partial charge is 0.261 e. The average Bonchev–Trinajstić information content (AvgIpc) is 2.16. The molecule has 0 spiro atoms. The molecule has 0 N–H and O–H groups in total. The second-order valence-electron chi connectivity index (χ2n) is 3.75. The minimum atomic E-state index is -3.61. The van der Waals surface area contributed by atoms with E-state index in [1.807, 2.05) is 13.1 Å². The van der Waals surface area contributed by atoms with Gasteiger partial charge in [0.15, 0.2) is 0 Å². The van der Waals surface area contributed by atoms with Crippen molar-refractivity contribution in [2.24, 2.45) is 0 Å². The molecule has 82 valence electrons. The largest absolute Gasteiger partial charge is 0.374 e. The molecule has 1 heterocycles. The molecule has 0 amide bonds. The highest BCUT2D eigenvalue weighted by atomic mass is 35.7. The minimum absolute atomic E-state index is 0.177. The predicted molar refractivity (Wildman–Crippen MR) is 61.1 cm³/mol. The molecule has 2 rings (SSSR count). The zero-order chi connectivity index (χ0) is 11.1. The topological polar surface area (TPSA) is 37.4 Å². The molecule has 5 heteroatoms. The molecule has 1 aromatic rings. The summed E-state index contributed by atoms with van der Waals surface area (Å²) < 4.78 is 22.3. The summed E-state index contributed by atoms with van der Waals surface area (Å²) in [6, 6.07) is 5.07. The molecule has 1 aliphatic rings. The van der Waals surface area contributed by atoms with Crippen LogP contribution in [0.5, 0.6) is 0 Å². The standard InChI is InChI=1S/C10H12ClNO2S/c1-12-6-2-3-8-4-5-9(7-10(8)12)15(11,13)14/h4-5,7H,2-3,6H2,1H3. The monoisotopic (exact) mass is 245 g/mol. The Hall–Kier alpha value is -0.740. The van der Waals surface area contributed by atoms with Crippen LogP contribution in [0.1, 0.15) is 12.0 Å². The molecule has 15 heavy (non-hydrogen) atoms. The fraction of sp³-hybridized carbons (Fsp3) is 0.400. The number of hydrogen-bond donors (Lipinski definition) is 0. The number of hydrogen-bond acceptors (Lipinski definition) is 3. The molecule has 0 fully saturated rings. The van der Waals surface area contributed by atoms with E-state index in [0.29, 0.717) is 0 Å². The van der Waals surface area contributed by atoms with Crippen LogP contribution >= 0.6 is 10.7 Å². The predicted octanol–water partition coefficient (Wildman–Crippen LogP) is 2.00. The Kier molecular flexibility index (Phi) is 2.64. The van der Waals surface area contributed by atoms with E-state index < -0.39 is 9.05 Å². The Morgan fingerprint density at radius 2 is 2.13 bits per heavy atom. The van der Waals surface area contributed by atoms with Crippen molar-refractivity contribution in [2.75, 3.05) is 18.5 Å². The van der Waals surface area contributed by atoms with E-state index in [-0.39, 0.29) is 4.90 Å². The van der Waals surface area contributed by atoms with Gasteiger partial charge < -0.3 is 4.90 Å². The summed E-state index contributed by atoms with van der Waals surface area (Å²) >= 11 is 0. The Bertz CT molecular complexity index is 484. The summed E-state index contributed by atoms with van der Waals surface area (Å²) in [5, 5.41) is 0. The van der Waals surface area contributed by atoms with Crippen LogP contribution in [0.4, 0.5) is 5.69 Å². The van der Waals surface area contributed by atoms with Crippen molar-refractivity contribution in [3.63, 3.8) is 0 Å². The van der Waals surface area contributed by atoms with Gasteiger partial charge in [-0.2, -0.15) is 0 Å². The first-order valence-electron chi connectivity index (χ1n) is 4.77. The van der Waals surface area contributed by atoms with Gasteiger partial charge in [-0.1, -0.05) is 6.07 Å². The zero-order valence-electron chi connectivity index (χ0n) is 8.40. The molecule has 0 atom stereocenters. The van der Waals surface area contributed by atoms with Gasteiger partial charge >= 0.3 is 0 Å². The maximum Gasteiger partial charge on any atom is 0.261 e. The number of fused-ring (bicyclic) bond motifs is 1. The minimum Gasteiger partial charge on any atom is -0.374 e. The molecule has 1 aliphatic heterocycles. The highest BCUT2D eigenvalue weighted by Crippen LogP contribution is 2.29. The molecule has 0 saturated carbocycles. The summed E-state index contributed by atoms with van der Waals surface area (Å²) in [5.74, 6) is 0. The lowest BCUT2D eigenvalue weighted by Gasteiger charge is -2.27. The number of rotatable bonds is 1. The van der Waals surface area contributed by atoms with Gasteiger partial charge in [0.1, 0.15) is 0 Å². The second kappa shape index (κ2) is 3.68. The summed E-state index contributed by atoms with van der Waals surface area (Å²) in [4.78, 5) is 2.24. The van der Waals surface area contributed by atoms with Crippen molar-refractivity contribution < 1.29 is 8.42 Å². The lowest BCUT2D eigenvalue weighted by atomic mass is 10.0. The maximum absolute atomic E-state index is 11.2. The summed E-state index contributed by atoms with van der Waals surface area (Å²) in [5.41, 5.74) is 2.16. The SMILES string of the molecule is CN1CCCc2ccc(S(=O)(=O)Cl)cc21. The van der Waals surface area contributed by atoms with Crippen LogP contribution in [0.3, 0.4) is 0 Å². The number of halogens is 1. The average molecular weight is 246 g/mol. The normalized spacial score (nSPS) is 16.3. The van der Waals surface area contributed by atoms with E-state index in [2.05, 4.69) is 4.90 Å². The summed E-state index contributed by atoms with van der Waals surface area (Å²) in [7, 11) is 3.65. The van der Waals surface area contributed by atoms with Gasteiger partial charge in [-0.25, -0.2) is 8.42 Å². The third kappa shape index (κ3) is 2.11. The quantitative estimate of drug-likeness (QED) is 0.711. The van der Waals surface area contributed by atoms with Gasteiger partial charge in [-0.3, -0.25) is 0 Å². The first-order chi connectivity index (χ1) is 6.98.